The molecule has 3 rings (SSSR count). The second kappa shape index (κ2) is 5.46. The molecule has 6 nitrogen and oxygen atoms in total. The van der Waals surface area contributed by atoms with Crippen LogP contribution in [0.3, 0.4) is 0 Å². The molecule has 1 aromatic rings. The van der Waals surface area contributed by atoms with Gasteiger partial charge in [-0.25, -0.2) is 0 Å². The van der Waals surface area contributed by atoms with Gasteiger partial charge < -0.3 is 19.9 Å². The summed E-state index contributed by atoms with van der Waals surface area (Å²) < 4.78 is 7.19. The van der Waals surface area contributed by atoms with E-state index in [9.17, 15) is 4.79 Å². The molecule has 2 N–H and O–H groups in total. The Morgan fingerprint density at radius 2 is 2.10 bits per heavy atom. The molecular weight excluding hydrogens is 256 g/mol. The molecule has 1 unspecified atom stereocenters. The molecule has 2 aliphatic heterocycles. The van der Waals surface area contributed by atoms with Gasteiger partial charge in [-0.2, -0.15) is 0 Å². The summed E-state index contributed by atoms with van der Waals surface area (Å²) in [5, 5.41) is 0. The van der Waals surface area contributed by atoms with Gasteiger partial charge in [-0.3, -0.25) is 9.69 Å². The van der Waals surface area contributed by atoms with Gasteiger partial charge in [0, 0.05) is 45.5 Å². The number of ether oxygens (including phenoxy) is 1. The highest BCUT2D eigenvalue weighted by Crippen LogP contribution is 2.20. The third kappa shape index (κ3) is 2.53. The number of morpholine rings is 1. The van der Waals surface area contributed by atoms with Crippen LogP contribution < -0.4 is 5.73 Å². The van der Waals surface area contributed by atoms with Gasteiger partial charge in [0.05, 0.1) is 18.9 Å². The highest BCUT2D eigenvalue weighted by Gasteiger charge is 2.32. The van der Waals surface area contributed by atoms with Gasteiger partial charge >= 0.3 is 0 Å². The van der Waals surface area contributed by atoms with Crippen LogP contribution in [0.5, 0.6) is 0 Å². The number of aryl methyl sites for hydroxylation is 1. The van der Waals surface area contributed by atoms with Crippen molar-refractivity contribution in [3.05, 3.63) is 18.0 Å². The van der Waals surface area contributed by atoms with Crippen LogP contribution in [-0.4, -0.2) is 65.7 Å². The summed E-state index contributed by atoms with van der Waals surface area (Å²) in [7, 11) is 1.86. The molecule has 0 saturated carbocycles. The van der Waals surface area contributed by atoms with Crippen LogP contribution in [0.25, 0.3) is 0 Å². The first kappa shape index (κ1) is 13.5. The maximum Gasteiger partial charge on any atom is 0.270 e. The predicted molar refractivity (Wildman–Crippen MR) is 76.5 cm³/mol. The van der Waals surface area contributed by atoms with Gasteiger partial charge in [-0.15, -0.1) is 0 Å². The van der Waals surface area contributed by atoms with E-state index in [1.165, 1.54) is 0 Å². The van der Waals surface area contributed by atoms with Gasteiger partial charge in [0.2, 0.25) is 0 Å². The Balaban J connectivity index is 1.64. The van der Waals surface area contributed by atoms with E-state index in [1.807, 2.05) is 11.9 Å². The first-order chi connectivity index (χ1) is 9.65. The first-order valence-electron chi connectivity index (χ1n) is 7.18. The van der Waals surface area contributed by atoms with Crippen molar-refractivity contribution in [1.82, 2.24) is 14.4 Å². The summed E-state index contributed by atoms with van der Waals surface area (Å²) in [6, 6.07) is 2.23. The van der Waals surface area contributed by atoms with Crippen LogP contribution in [-0.2, 0) is 11.8 Å². The molecule has 1 aromatic heterocycles. The maximum atomic E-state index is 12.5. The van der Waals surface area contributed by atoms with Crippen molar-refractivity contribution in [2.45, 2.75) is 12.5 Å². The Morgan fingerprint density at radius 1 is 1.35 bits per heavy atom. The third-order valence-corrected chi connectivity index (χ3v) is 4.26. The molecule has 3 heterocycles. The standard InChI is InChI=1S/C14H22N4O2/c1-16-9-11(15)8-13(16)14(19)18-3-2-12(10-18)17-4-6-20-7-5-17/h8-9,12H,2-7,10,15H2,1H3. The zero-order valence-corrected chi connectivity index (χ0v) is 11.9. The number of carbonyl (C=O) groups is 1. The van der Waals surface area contributed by atoms with E-state index in [-0.39, 0.29) is 5.91 Å². The minimum Gasteiger partial charge on any atom is -0.397 e. The monoisotopic (exact) mass is 278 g/mol. The highest BCUT2D eigenvalue weighted by molar-refractivity contribution is 5.94. The number of hydrogen-bond acceptors (Lipinski definition) is 4. The van der Waals surface area contributed by atoms with Crippen LogP contribution in [0.15, 0.2) is 12.3 Å². The highest BCUT2D eigenvalue weighted by atomic mass is 16.5. The number of carbonyl (C=O) groups excluding carboxylic acids is 1. The summed E-state index contributed by atoms with van der Waals surface area (Å²) in [6.45, 7) is 5.20. The fourth-order valence-electron chi connectivity index (χ4n) is 3.13. The zero-order valence-electron chi connectivity index (χ0n) is 11.9. The number of likely N-dealkylation sites (tertiary alicyclic amines) is 1. The quantitative estimate of drug-likeness (QED) is 0.836. The van der Waals surface area contributed by atoms with Gasteiger partial charge in [-0.05, 0) is 12.5 Å². The molecule has 2 aliphatic rings. The fourth-order valence-corrected chi connectivity index (χ4v) is 3.13. The number of amides is 1. The normalized spacial score (nSPS) is 24.2. The maximum absolute atomic E-state index is 12.5. The predicted octanol–water partition coefficient (Wildman–Crippen LogP) is 0.154. The van der Waals surface area contributed by atoms with E-state index < -0.39 is 0 Å². The van der Waals surface area contributed by atoms with Gasteiger partial charge in [0.25, 0.3) is 5.91 Å². The Labute approximate surface area is 119 Å². The second-order valence-electron chi connectivity index (χ2n) is 5.61. The molecule has 2 fully saturated rings. The van der Waals surface area contributed by atoms with Gasteiger partial charge in [0.1, 0.15) is 5.69 Å². The number of nitrogen functional groups attached to an aromatic ring is 1. The van der Waals surface area contributed by atoms with Crippen LogP contribution in [0, 0.1) is 0 Å². The lowest BCUT2D eigenvalue weighted by Crippen LogP contribution is -2.45. The van der Waals surface area contributed by atoms with E-state index in [1.54, 1.807) is 16.8 Å². The number of anilines is 1. The molecular formula is C14H22N4O2. The SMILES string of the molecule is Cn1cc(N)cc1C(=O)N1CCC(N2CCOCC2)C1. The molecule has 0 aliphatic carbocycles. The van der Waals surface area contributed by atoms with E-state index in [0.717, 1.165) is 45.8 Å². The fraction of sp³-hybridized carbons (Fsp3) is 0.643. The third-order valence-electron chi connectivity index (χ3n) is 4.26. The number of hydrogen-bond donors (Lipinski definition) is 1. The van der Waals surface area contributed by atoms with Crippen molar-refractivity contribution in [3.63, 3.8) is 0 Å². The largest absolute Gasteiger partial charge is 0.397 e. The minimum atomic E-state index is 0.0833. The van der Waals surface area contributed by atoms with Crippen LogP contribution in [0.4, 0.5) is 5.69 Å². The molecule has 20 heavy (non-hydrogen) atoms. The molecule has 0 aromatic carbocycles. The Morgan fingerprint density at radius 3 is 2.75 bits per heavy atom. The van der Waals surface area contributed by atoms with E-state index in [0.29, 0.717) is 17.4 Å². The van der Waals surface area contributed by atoms with Crippen molar-refractivity contribution < 1.29 is 9.53 Å². The van der Waals surface area contributed by atoms with Crippen molar-refractivity contribution >= 4 is 11.6 Å². The molecule has 0 spiro atoms. The van der Waals surface area contributed by atoms with Crippen LogP contribution in [0.1, 0.15) is 16.9 Å². The Kier molecular flexibility index (Phi) is 3.67. The molecule has 110 valence electrons. The molecule has 6 heteroatoms. The number of nitrogens with zero attached hydrogens (tertiary/aromatic N) is 3. The Hall–Kier alpha value is -1.53. The second-order valence-corrected chi connectivity index (χ2v) is 5.61. The number of nitrogens with two attached hydrogens (primary N) is 1. The lowest BCUT2D eigenvalue weighted by molar-refractivity contribution is 0.0185. The lowest BCUT2D eigenvalue weighted by Gasteiger charge is -2.32. The minimum absolute atomic E-state index is 0.0833. The lowest BCUT2D eigenvalue weighted by atomic mass is 10.2. The first-order valence-corrected chi connectivity index (χ1v) is 7.18. The van der Waals surface area contributed by atoms with Gasteiger partial charge in [-0.1, -0.05) is 0 Å². The molecule has 0 bridgehead atoms. The van der Waals surface area contributed by atoms with E-state index >= 15 is 0 Å². The molecule has 1 amide bonds. The average molecular weight is 278 g/mol. The summed E-state index contributed by atoms with van der Waals surface area (Å²) >= 11 is 0. The summed E-state index contributed by atoms with van der Waals surface area (Å²) in [5.41, 5.74) is 7.06. The number of rotatable bonds is 2. The summed E-state index contributed by atoms with van der Waals surface area (Å²) in [6.07, 6.45) is 2.83. The van der Waals surface area contributed by atoms with E-state index in [4.69, 9.17) is 10.5 Å². The van der Waals surface area contributed by atoms with Crippen molar-refractivity contribution in [2.75, 3.05) is 45.1 Å². The summed E-state index contributed by atoms with van der Waals surface area (Å²) in [4.78, 5) is 16.9. The zero-order chi connectivity index (χ0) is 14.1. The van der Waals surface area contributed by atoms with Crippen LogP contribution in [0.2, 0.25) is 0 Å². The van der Waals surface area contributed by atoms with Crippen molar-refractivity contribution in [3.8, 4) is 0 Å². The topological polar surface area (TPSA) is 63.7 Å². The molecule has 0 radical (unpaired) electrons. The molecule has 2 saturated heterocycles. The Bertz CT molecular complexity index is 493. The average Bonchev–Trinajstić information content (AvgIpc) is 3.06. The van der Waals surface area contributed by atoms with Gasteiger partial charge in [0.15, 0.2) is 0 Å². The van der Waals surface area contributed by atoms with Crippen LogP contribution >= 0.6 is 0 Å². The summed E-state index contributed by atoms with van der Waals surface area (Å²) in [5.74, 6) is 0.0833. The molecule has 1 atom stereocenters. The smallest absolute Gasteiger partial charge is 0.270 e. The van der Waals surface area contributed by atoms with E-state index in [2.05, 4.69) is 4.90 Å². The van der Waals surface area contributed by atoms with Crippen molar-refractivity contribution in [1.29, 1.82) is 0 Å². The van der Waals surface area contributed by atoms with Crippen molar-refractivity contribution in [2.24, 2.45) is 7.05 Å². The number of aromatic nitrogens is 1.